The fourth-order valence-electron chi connectivity index (χ4n) is 1.78. The minimum atomic E-state index is 0.974. The number of amidine groups is 1. The molecule has 0 spiro atoms. The Balaban J connectivity index is 2.47. The van der Waals surface area contributed by atoms with Crippen LogP contribution in [0.4, 0.5) is 11.4 Å². The van der Waals surface area contributed by atoms with Crippen molar-refractivity contribution in [1.82, 2.24) is 0 Å². The van der Waals surface area contributed by atoms with Crippen molar-refractivity contribution in [3.05, 3.63) is 60.7 Å². The summed E-state index contributed by atoms with van der Waals surface area (Å²) in [5.41, 5.74) is 2.25. The smallest absolute Gasteiger partial charge is 0.104 e. The second-order valence-corrected chi connectivity index (χ2v) is 3.78. The molecule has 0 saturated heterocycles. The highest BCUT2D eigenvalue weighted by atomic mass is 15.2. The summed E-state index contributed by atoms with van der Waals surface area (Å²) in [6, 6.07) is 20.5. The zero-order valence-corrected chi connectivity index (χ0v) is 10.2. The lowest BCUT2D eigenvalue weighted by Crippen LogP contribution is -2.22. The van der Waals surface area contributed by atoms with Gasteiger partial charge in [0.25, 0.3) is 0 Å². The number of hydrogen-bond acceptors (Lipinski definition) is 1. The van der Waals surface area contributed by atoms with Crippen LogP contribution in [0.15, 0.2) is 65.7 Å². The van der Waals surface area contributed by atoms with Crippen LogP contribution < -0.4 is 4.90 Å². The van der Waals surface area contributed by atoms with Crippen LogP contribution in [0.3, 0.4) is 0 Å². The molecular formula is C15H16N2. The van der Waals surface area contributed by atoms with Crippen LogP contribution in [-0.4, -0.2) is 12.9 Å². The maximum Gasteiger partial charge on any atom is 0.104 e. The number of para-hydroxylation sites is 2. The van der Waals surface area contributed by atoms with Crippen LogP contribution in [0, 0.1) is 0 Å². The Bertz CT molecular complexity index is 449. The van der Waals surface area contributed by atoms with Crippen molar-refractivity contribution in [2.45, 2.75) is 6.92 Å². The van der Waals surface area contributed by atoms with E-state index in [1.807, 2.05) is 50.4 Å². The van der Waals surface area contributed by atoms with Gasteiger partial charge >= 0.3 is 0 Å². The van der Waals surface area contributed by atoms with E-state index in [4.69, 9.17) is 0 Å². The first-order chi connectivity index (χ1) is 8.33. The molecule has 0 amide bonds. The SMILES string of the molecule is C/N=C(/C)N(c1ccccc1)c1ccccc1. The highest BCUT2D eigenvalue weighted by molar-refractivity contribution is 6.02. The summed E-state index contributed by atoms with van der Waals surface area (Å²) >= 11 is 0. The Morgan fingerprint density at radius 2 is 1.24 bits per heavy atom. The standard InChI is InChI=1S/C15H16N2/c1-13(16-2)17(14-9-5-3-6-10-14)15-11-7-4-8-12-15/h3-12H,1-2H3/b16-13-. The molecule has 0 unspecified atom stereocenters. The summed E-state index contributed by atoms with van der Waals surface area (Å²) in [6.07, 6.45) is 0. The van der Waals surface area contributed by atoms with Gasteiger partial charge in [0.05, 0.1) is 0 Å². The lowest BCUT2D eigenvalue weighted by molar-refractivity contribution is 1.27. The molecule has 2 aromatic carbocycles. The van der Waals surface area contributed by atoms with E-state index in [0.717, 1.165) is 17.2 Å². The predicted molar refractivity (Wildman–Crippen MR) is 74.1 cm³/mol. The molecule has 0 saturated carbocycles. The lowest BCUT2D eigenvalue weighted by atomic mass is 10.2. The van der Waals surface area contributed by atoms with Gasteiger partial charge in [0.15, 0.2) is 0 Å². The molecular weight excluding hydrogens is 208 g/mol. The quantitative estimate of drug-likeness (QED) is 0.558. The first-order valence-electron chi connectivity index (χ1n) is 5.66. The minimum absolute atomic E-state index is 0.974. The van der Waals surface area contributed by atoms with E-state index in [0.29, 0.717) is 0 Å². The van der Waals surface area contributed by atoms with Crippen molar-refractivity contribution >= 4 is 17.2 Å². The molecule has 0 radical (unpaired) electrons. The molecule has 2 rings (SSSR count). The molecule has 0 aliphatic carbocycles. The molecule has 86 valence electrons. The van der Waals surface area contributed by atoms with Crippen LogP contribution in [0.2, 0.25) is 0 Å². The van der Waals surface area contributed by atoms with E-state index in [2.05, 4.69) is 34.2 Å². The van der Waals surface area contributed by atoms with Crippen LogP contribution in [0.25, 0.3) is 0 Å². The maximum atomic E-state index is 4.28. The van der Waals surface area contributed by atoms with Gasteiger partial charge in [0.1, 0.15) is 5.84 Å². The molecule has 0 aliphatic heterocycles. The summed E-state index contributed by atoms with van der Waals surface area (Å²) in [4.78, 5) is 6.42. The third-order valence-corrected chi connectivity index (χ3v) is 2.68. The van der Waals surface area contributed by atoms with E-state index in [1.165, 1.54) is 0 Å². The fourth-order valence-corrected chi connectivity index (χ4v) is 1.78. The van der Waals surface area contributed by atoms with E-state index in [1.54, 1.807) is 0 Å². The Kier molecular flexibility index (Phi) is 3.55. The molecule has 0 N–H and O–H groups in total. The highest BCUT2D eigenvalue weighted by Gasteiger charge is 2.10. The lowest BCUT2D eigenvalue weighted by Gasteiger charge is -2.24. The Morgan fingerprint density at radius 3 is 1.59 bits per heavy atom. The predicted octanol–water partition coefficient (Wildman–Crippen LogP) is 3.87. The van der Waals surface area contributed by atoms with Crippen LogP contribution in [0.5, 0.6) is 0 Å². The molecule has 2 aromatic rings. The summed E-state index contributed by atoms with van der Waals surface area (Å²) in [7, 11) is 1.81. The van der Waals surface area contributed by atoms with Gasteiger partial charge in [-0.3, -0.25) is 9.89 Å². The Hall–Kier alpha value is -2.09. The van der Waals surface area contributed by atoms with Crippen LogP contribution in [-0.2, 0) is 0 Å². The Labute approximate surface area is 102 Å². The third kappa shape index (κ3) is 2.53. The molecule has 0 aliphatic rings. The number of anilines is 2. The number of nitrogens with zero attached hydrogens (tertiary/aromatic N) is 2. The van der Waals surface area contributed by atoms with Crippen LogP contribution >= 0.6 is 0 Å². The van der Waals surface area contributed by atoms with Gasteiger partial charge in [-0.25, -0.2) is 0 Å². The van der Waals surface area contributed by atoms with Crippen LogP contribution in [0.1, 0.15) is 6.92 Å². The third-order valence-electron chi connectivity index (χ3n) is 2.68. The van der Waals surface area contributed by atoms with Crippen molar-refractivity contribution in [2.24, 2.45) is 4.99 Å². The molecule has 0 fully saturated rings. The van der Waals surface area contributed by atoms with E-state index >= 15 is 0 Å². The highest BCUT2D eigenvalue weighted by Crippen LogP contribution is 2.25. The average Bonchev–Trinajstić information content (AvgIpc) is 2.41. The summed E-state index contributed by atoms with van der Waals surface area (Å²) in [6.45, 7) is 2.01. The molecule has 2 nitrogen and oxygen atoms in total. The summed E-state index contributed by atoms with van der Waals surface area (Å²) in [5, 5.41) is 0. The largest absolute Gasteiger partial charge is 0.299 e. The van der Waals surface area contributed by atoms with Crippen molar-refractivity contribution in [2.75, 3.05) is 11.9 Å². The van der Waals surface area contributed by atoms with Crippen molar-refractivity contribution in [1.29, 1.82) is 0 Å². The molecule has 2 heteroatoms. The molecule has 17 heavy (non-hydrogen) atoms. The van der Waals surface area contributed by atoms with E-state index in [9.17, 15) is 0 Å². The Morgan fingerprint density at radius 1 is 0.824 bits per heavy atom. The number of aliphatic imine (C=N–C) groups is 1. The normalized spacial score (nSPS) is 11.3. The number of benzene rings is 2. The van der Waals surface area contributed by atoms with Gasteiger partial charge in [-0.1, -0.05) is 36.4 Å². The van der Waals surface area contributed by atoms with E-state index < -0.39 is 0 Å². The van der Waals surface area contributed by atoms with Gasteiger partial charge < -0.3 is 0 Å². The van der Waals surface area contributed by atoms with Gasteiger partial charge in [-0.2, -0.15) is 0 Å². The molecule has 0 atom stereocenters. The second-order valence-electron chi connectivity index (χ2n) is 3.78. The first-order valence-corrected chi connectivity index (χ1v) is 5.66. The summed E-state index contributed by atoms with van der Waals surface area (Å²) < 4.78 is 0. The monoisotopic (exact) mass is 224 g/mol. The molecule has 0 aromatic heterocycles. The van der Waals surface area contributed by atoms with Gasteiger partial charge in [-0.15, -0.1) is 0 Å². The fraction of sp³-hybridized carbons (Fsp3) is 0.133. The number of rotatable bonds is 2. The first kappa shape index (κ1) is 11.4. The topological polar surface area (TPSA) is 15.6 Å². The van der Waals surface area contributed by atoms with Gasteiger partial charge in [0.2, 0.25) is 0 Å². The molecule has 0 heterocycles. The maximum absolute atomic E-state index is 4.28. The zero-order valence-electron chi connectivity index (χ0n) is 10.2. The molecule has 0 bridgehead atoms. The van der Waals surface area contributed by atoms with E-state index in [-0.39, 0.29) is 0 Å². The summed E-state index contributed by atoms with van der Waals surface area (Å²) in [5.74, 6) is 0.974. The average molecular weight is 224 g/mol. The minimum Gasteiger partial charge on any atom is -0.299 e. The number of hydrogen-bond donors (Lipinski definition) is 0. The van der Waals surface area contributed by atoms with Crippen molar-refractivity contribution in [3.63, 3.8) is 0 Å². The van der Waals surface area contributed by atoms with Gasteiger partial charge in [-0.05, 0) is 31.2 Å². The second kappa shape index (κ2) is 5.30. The zero-order chi connectivity index (χ0) is 12.1. The van der Waals surface area contributed by atoms with Crippen molar-refractivity contribution < 1.29 is 0 Å². The van der Waals surface area contributed by atoms with Crippen molar-refractivity contribution in [3.8, 4) is 0 Å². The van der Waals surface area contributed by atoms with Gasteiger partial charge in [0, 0.05) is 18.4 Å².